The summed E-state index contributed by atoms with van der Waals surface area (Å²) in [5.41, 5.74) is 0. The zero-order valence-corrected chi connectivity index (χ0v) is 9.47. The van der Waals surface area contributed by atoms with Crippen LogP contribution in [-0.4, -0.2) is 36.2 Å². The molecule has 1 aliphatic heterocycles. The summed E-state index contributed by atoms with van der Waals surface area (Å²) in [5, 5.41) is 2.93. The Hall–Kier alpha value is -0.780. The quantitative estimate of drug-likeness (QED) is 0.809. The highest BCUT2D eigenvalue weighted by molar-refractivity contribution is 5.83. The van der Waals surface area contributed by atoms with Gasteiger partial charge in [0.15, 0.2) is 0 Å². The maximum Gasteiger partial charge on any atom is 0.390 e. The van der Waals surface area contributed by atoms with Gasteiger partial charge in [-0.25, -0.2) is 0 Å². The van der Waals surface area contributed by atoms with E-state index in [2.05, 4.69) is 5.32 Å². The second kappa shape index (κ2) is 5.03. The predicted octanol–water partition coefficient (Wildman–Crippen LogP) is 1.74. The molecule has 3 nitrogen and oxygen atoms in total. The van der Waals surface area contributed by atoms with Crippen LogP contribution in [0, 0.1) is 5.92 Å². The fourth-order valence-electron chi connectivity index (χ4n) is 1.71. The van der Waals surface area contributed by atoms with Gasteiger partial charge in [-0.3, -0.25) is 10.1 Å². The van der Waals surface area contributed by atoms with E-state index in [1.54, 1.807) is 0 Å². The number of nitrogens with one attached hydrogen (secondary N) is 1. The number of nitrogens with zero attached hydrogens (tertiary/aromatic N) is 1. The van der Waals surface area contributed by atoms with Crippen LogP contribution in [0.4, 0.5) is 13.2 Å². The van der Waals surface area contributed by atoms with Crippen molar-refractivity contribution in [3.63, 3.8) is 0 Å². The van der Waals surface area contributed by atoms with E-state index in [4.69, 9.17) is 0 Å². The summed E-state index contributed by atoms with van der Waals surface area (Å²) < 4.78 is 36.0. The average molecular weight is 238 g/mol. The lowest BCUT2D eigenvalue weighted by atomic mass is 10.0. The predicted molar refractivity (Wildman–Crippen MR) is 53.6 cm³/mol. The highest BCUT2D eigenvalue weighted by atomic mass is 19.4. The number of hydrogen-bond donors (Lipinski definition) is 1. The summed E-state index contributed by atoms with van der Waals surface area (Å²) in [4.78, 5) is 12.9. The molecule has 1 aliphatic rings. The molecule has 0 aromatic heterocycles. The Bertz CT molecular complexity index is 253. The van der Waals surface area contributed by atoms with Crippen molar-refractivity contribution in [2.24, 2.45) is 5.92 Å². The smallest absolute Gasteiger partial charge is 0.328 e. The standard InChI is InChI=1S/C10H17F3N2O/c1-7(2)5-8-9(16)15(6-14-8)4-3-10(11,12)13/h7-8,14H,3-6H2,1-2H3. The number of rotatable bonds is 4. The molecule has 0 bridgehead atoms. The molecule has 1 unspecified atom stereocenters. The van der Waals surface area contributed by atoms with Crippen molar-refractivity contribution >= 4 is 5.91 Å². The van der Waals surface area contributed by atoms with Crippen LogP contribution in [0.15, 0.2) is 0 Å². The third-order valence-corrected chi connectivity index (χ3v) is 2.51. The summed E-state index contributed by atoms with van der Waals surface area (Å²) in [6.07, 6.45) is -4.47. The van der Waals surface area contributed by atoms with Crippen molar-refractivity contribution in [3.05, 3.63) is 0 Å². The van der Waals surface area contributed by atoms with Crippen molar-refractivity contribution < 1.29 is 18.0 Å². The van der Waals surface area contributed by atoms with Gasteiger partial charge in [-0.1, -0.05) is 13.8 Å². The number of halogens is 3. The molecular formula is C10H17F3N2O. The summed E-state index contributed by atoms with van der Waals surface area (Å²) in [5.74, 6) is 0.141. The maximum absolute atomic E-state index is 12.0. The van der Waals surface area contributed by atoms with Crippen LogP contribution in [0.25, 0.3) is 0 Å². The fourth-order valence-corrected chi connectivity index (χ4v) is 1.71. The molecule has 16 heavy (non-hydrogen) atoms. The molecular weight excluding hydrogens is 221 g/mol. The van der Waals surface area contributed by atoms with E-state index < -0.39 is 12.6 Å². The molecule has 94 valence electrons. The summed E-state index contributed by atoms with van der Waals surface area (Å²) in [6.45, 7) is 3.94. The van der Waals surface area contributed by atoms with Gasteiger partial charge in [-0.15, -0.1) is 0 Å². The van der Waals surface area contributed by atoms with Crippen molar-refractivity contribution in [1.29, 1.82) is 0 Å². The lowest BCUT2D eigenvalue weighted by Gasteiger charge is -2.16. The molecule has 1 saturated heterocycles. The third-order valence-electron chi connectivity index (χ3n) is 2.51. The molecule has 1 heterocycles. The number of hydrogen-bond acceptors (Lipinski definition) is 2. The van der Waals surface area contributed by atoms with E-state index >= 15 is 0 Å². The van der Waals surface area contributed by atoms with Gasteiger partial charge < -0.3 is 4.90 Å². The van der Waals surface area contributed by atoms with E-state index in [1.807, 2.05) is 13.8 Å². The van der Waals surface area contributed by atoms with Gasteiger partial charge in [0.05, 0.1) is 19.1 Å². The Kier molecular flexibility index (Phi) is 4.18. The number of carbonyl (C=O) groups is 1. The lowest BCUT2D eigenvalue weighted by Crippen LogP contribution is -2.33. The van der Waals surface area contributed by atoms with Crippen LogP contribution >= 0.6 is 0 Å². The van der Waals surface area contributed by atoms with Crippen LogP contribution < -0.4 is 5.32 Å². The van der Waals surface area contributed by atoms with Gasteiger partial charge in [0, 0.05) is 6.54 Å². The fraction of sp³-hybridized carbons (Fsp3) is 0.900. The van der Waals surface area contributed by atoms with E-state index in [0.717, 1.165) is 0 Å². The Balaban J connectivity index is 2.39. The molecule has 1 atom stereocenters. The minimum Gasteiger partial charge on any atom is -0.328 e. The van der Waals surface area contributed by atoms with E-state index in [1.165, 1.54) is 4.90 Å². The zero-order valence-electron chi connectivity index (χ0n) is 9.47. The monoisotopic (exact) mass is 238 g/mol. The first-order valence-corrected chi connectivity index (χ1v) is 5.38. The molecule has 0 aromatic carbocycles. The van der Waals surface area contributed by atoms with E-state index in [9.17, 15) is 18.0 Å². The normalized spacial score (nSPS) is 22.2. The zero-order chi connectivity index (χ0) is 12.3. The first kappa shape index (κ1) is 13.3. The minimum absolute atomic E-state index is 0.210. The topological polar surface area (TPSA) is 32.3 Å². The van der Waals surface area contributed by atoms with Crippen LogP contribution in [0.3, 0.4) is 0 Å². The van der Waals surface area contributed by atoms with Crippen LogP contribution in [0.5, 0.6) is 0 Å². The number of amides is 1. The van der Waals surface area contributed by atoms with Crippen molar-refractivity contribution in [2.45, 2.75) is 38.9 Å². The SMILES string of the molecule is CC(C)CC1NCN(CCC(F)(F)F)C1=O. The van der Waals surface area contributed by atoms with E-state index in [0.29, 0.717) is 12.3 Å². The molecule has 0 saturated carbocycles. The second-order valence-electron chi connectivity index (χ2n) is 4.51. The highest BCUT2D eigenvalue weighted by Crippen LogP contribution is 2.21. The largest absolute Gasteiger partial charge is 0.390 e. The van der Waals surface area contributed by atoms with E-state index in [-0.39, 0.29) is 25.2 Å². The Labute approximate surface area is 93.0 Å². The highest BCUT2D eigenvalue weighted by Gasteiger charge is 2.34. The van der Waals surface area contributed by atoms with Gasteiger partial charge >= 0.3 is 6.18 Å². The van der Waals surface area contributed by atoms with Crippen molar-refractivity contribution in [3.8, 4) is 0 Å². The van der Waals surface area contributed by atoms with Gasteiger partial charge in [-0.2, -0.15) is 13.2 Å². The molecule has 1 amide bonds. The number of alkyl halides is 3. The average Bonchev–Trinajstić information content (AvgIpc) is 2.43. The molecule has 0 spiro atoms. The first-order valence-electron chi connectivity index (χ1n) is 5.38. The second-order valence-corrected chi connectivity index (χ2v) is 4.51. The molecule has 0 aromatic rings. The van der Waals surface area contributed by atoms with Gasteiger partial charge in [0.1, 0.15) is 0 Å². The lowest BCUT2D eigenvalue weighted by molar-refractivity contribution is -0.143. The minimum atomic E-state index is -4.20. The maximum atomic E-state index is 12.0. The summed E-state index contributed by atoms with van der Waals surface area (Å²) >= 11 is 0. The molecule has 6 heteroatoms. The van der Waals surface area contributed by atoms with Gasteiger partial charge in [0.25, 0.3) is 0 Å². The summed E-state index contributed by atoms with van der Waals surface area (Å²) in [6, 6.07) is -0.312. The van der Waals surface area contributed by atoms with Crippen LogP contribution in [-0.2, 0) is 4.79 Å². The molecule has 1 rings (SSSR count). The van der Waals surface area contributed by atoms with Crippen LogP contribution in [0.1, 0.15) is 26.7 Å². The van der Waals surface area contributed by atoms with Crippen molar-refractivity contribution in [2.75, 3.05) is 13.2 Å². The van der Waals surface area contributed by atoms with Gasteiger partial charge in [-0.05, 0) is 12.3 Å². The summed E-state index contributed by atoms with van der Waals surface area (Å²) in [7, 11) is 0. The molecule has 0 aliphatic carbocycles. The molecule has 1 fully saturated rings. The molecule has 1 N–H and O–H groups in total. The Morgan fingerprint density at radius 3 is 2.62 bits per heavy atom. The van der Waals surface area contributed by atoms with Crippen LogP contribution in [0.2, 0.25) is 0 Å². The third kappa shape index (κ3) is 4.00. The Morgan fingerprint density at radius 2 is 2.12 bits per heavy atom. The Morgan fingerprint density at radius 1 is 1.50 bits per heavy atom. The van der Waals surface area contributed by atoms with Crippen molar-refractivity contribution in [1.82, 2.24) is 10.2 Å². The number of carbonyl (C=O) groups excluding carboxylic acids is 1. The molecule has 0 radical (unpaired) electrons. The van der Waals surface area contributed by atoms with Gasteiger partial charge in [0.2, 0.25) is 5.91 Å². The first-order chi connectivity index (χ1) is 7.29.